The Morgan fingerprint density at radius 1 is 0.893 bits per heavy atom. The number of halogens is 3. The maximum atomic E-state index is 14.4. The van der Waals surface area contributed by atoms with Crippen molar-refractivity contribution in [1.29, 1.82) is 0 Å². The molecule has 1 aliphatic carbocycles. The van der Waals surface area contributed by atoms with Gasteiger partial charge in [0.1, 0.15) is 11.6 Å². The molecule has 0 atom stereocenters. The average molecular weight is 390 g/mol. The topological polar surface area (TPSA) is 9.23 Å². The first-order valence-corrected chi connectivity index (χ1v) is 10.4. The van der Waals surface area contributed by atoms with Crippen molar-refractivity contribution in [3.05, 3.63) is 65.5 Å². The molecule has 2 aromatic rings. The zero-order chi connectivity index (χ0) is 20.0. The van der Waals surface area contributed by atoms with Crippen LogP contribution in [-0.2, 0) is 6.11 Å². The van der Waals surface area contributed by atoms with Gasteiger partial charge in [-0.3, -0.25) is 0 Å². The molecule has 3 rings (SSSR count). The molecule has 4 heteroatoms. The van der Waals surface area contributed by atoms with Crippen molar-refractivity contribution in [2.45, 2.75) is 70.3 Å². The summed E-state index contributed by atoms with van der Waals surface area (Å²) >= 11 is 0. The van der Waals surface area contributed by atoms with Crippen LogP contribution in [0.4, 0.5) is 13.2 Å². The maximum Gasteiger partial charge on any atom is 0.426 e. The molecule has 152 valence electrons. The number of hydrogen-bond donors (Lipinski definition) is 0. The van der Waals surface area contributed by atoms with Crippen molar-refractivity contribution < 1.29 is 17.9 Å². The first-order chi connectivity index (χ1) is 13.5. The number of rotatable bonds is 8. The lowest BCUT2D eigenvalue weighted by Gasteiger charge is -2.29. The van der Waals surface area contributed by atoms with Crippen LogP contribution in [0, 0.1) is 11.7 Å². The molecule has 0 saturated heterocycles. The molecular formula is C24H29F3O. The van der Waals surface area contributed by atoms with Gasteiger partial charge < -0.3 is 4.74 Å². The minimum absolute atomic E-state index is 0.0585. The second-order valence-electron chi connectivity index (χ2n) is 7.91. The van der Waals surface area contributed by atoms with E-state index in [2.05, 4.69) is 6.92 Å². The van der Waals surface area contributed by atoms with Crippen LogP contribution < -0.4 is 4.74 Å². The monoisotopic (exact) mass is 390 g/mol. The summed E-state index contributed by atoms with van der Waals surface area (Å²) in [7, 11) is 0. The van der Waals surface area contributed by atoms with Crippen molar-refractivity contribution in [3.63, 3.8) is 0 Å². The molecule has 0 heterocycles. The van der Waals surface area contributed by atoms with Gasteiger partial charge in [-0.2, -0.15) is 8.78 Å². The van der Waals surface area contributed by atoms with E-state index >= 15 is 0 Å². The Balaban J connectivity index is 1.56. The molecule has 0 radical (unpaired) electrons. The first kappa shape index (κ1) is 20.8. The molecule has 1 fully saturated rings. The van der Waals surface area contributed by atoms with E-state index in [1.807, 2.05) is 0 Å². The van der Waals surface area contributed by atoms with Gasteiger partial charge in [-0.05, 0) is 79.5 Å². The zero-order valence-corrected chi connectivity index (χ0v) is 16.5. The van der Waals surface area contributed by atoms with E-state index in [-0.39, 0.29) is 11.3 Å². The summed E-state index contributed by atoms with van der Waals surface area (Å²) in [5.74, 6) is 0.746. The van der Waals surface area contributed by atoms with Gasteiger partial charge in [0.15, 0.2) is 0 Å². The minimum atomic E-state index is -3.45. The SMILES string of the molecule is CCCCCC1CCC(c2ccc(C(F)(F)Oc3ccc(F)cc3)cc2)CC1. The Morgan fingerprint density at radius 3 is 2.14 bits per heavy atom. The van der Waals surface area contributed by atoms with E-state index in [0.717, 1.165) is 36.5 Å². The largest absolute Gasteiger partial charge is 0.429 e. The van der Waals surface area contributed by atoms with Crippen molar-refractivity contribution in [2.75, 3.05) is 0 Å². The van der Waals surface area contributed by atoms with Gasteiger partial charge in [-0.25, -0.2) is 4.39 Å². The maximum absolute atomic E-state index is 14.4. The van der Waals surface area contributed by atoms with E-state index in [0.29, 0.717) is 5.92 Å². The van der Waals surface area contributed by atoms with Gasteiger partial charge in [-0.15, -0.1) is 0 Å². The minimum Gasteiger partial charge on any atom is -0.429 e. The fraction of sp³-hybridized carbons (Fsp3) is 0.500. The predicted molar refractivity (Wildman–Crippen MR) is 106 cm³/mol. The summed E-state index contributed by atoms with van der Waals surface area (Å²) in [6, 6.07) is 11.1. The van der Waals surface area contributed by atoms with E-state index in [1.54, 1.807) is 12.1 Å². The van der Waals surface area contributed by atoms with Crippen LogP contribution in [0.2, 0.25) is 0 Å². The van der Waals surface area contributed by atoms with Gasteiger partial charge >= 0.3 is 6.11 Å². The second-order valence-corrected chi connectivity index (χ2v) is 7.91. The Morgan fingerprint density at radius 2 is 1.54 bits per heavy atom. The van der Waals surface area contributed by atoms with Crippen molar-refractivity contribution in [2.24, 2.45) is 5.92 Å². The fourth-order valence-corrected chi connectivity index (χ4v) is 4.13. The van der Waals surface area contributed by atoms with Crippen molar-refractivity contribution in [3.8, 4) is 5.75 Å². The lowest BCUT2D eigenvalue weighted by atomic mass is 9.77. The molecule has 1 aliphatic rings. The Kier molecular flexibility index (Phi) is 7.03. The molecule has 0 bridgehead atoms. The molecule has 1 nitrogen and oxygen atoms in total. The summed E-state index contributed by atoms with van der Waals surface area (Å²) in [5, 5.41) is 0. The van der Waals surface area contributed by atoms with E-state index in [9.17, 15) is 13.2 Å². The fourth-order valence-electron chi connectivity index (χ4n) is 4.13. The van der Waals surface area contributed by atoms with Crippen molar-refractivity contribution >= 4 is 0 Å². The smallest absolute Gasteiger partial charge is 0.426 e. The van der Waals surface area contributed by atoms with Crippen LogP contribution in [-0.4, -0.2) is 0 Å². The highest BCUT2D eigenvalue weighted by atomic mass is 19.3. The third-order valence-corrected chi connectivity index (χ3v) is 5.84. The summed E-state index contributed by atoms with van der Waals surface area (Å²) in [6.45, 7) is 2.23. The van der Waals surface area contributed by atoms with Gasteiger partial charge in [0.2, 0.25) is 0 Å². The molecule has 0 aromatic heterocycles. The molecule has 0 spiro atoms. The number of ether oxygens (including phenoxy) is 1. The highest BCUT2D eigenvalue weighted by Gasteiger charge is 2.34. The summed E-state index contributed by atoms with van der Waals surface area (Å²) in [6.07, 6.45) is 6.52. The highest BCUT2D eigenvalue weighted by molar-refractivity contribution is 5.29. The number of alkyl halides is 2. The van der Waals surface area contributed by atoms with E-state index < -0.39 is 11.9 Å². The number of unbranched alkanes of at least 4 members (excludes halogenated alkanes) is 2. The van der Waals surface area contributed by atoms with Crippen LogP contribution >= 0.6 is 0 Å². The molecular weight excluding hydrogens is 361 g/mol. The molecule has 1 saturated carbocycles. The van der Waals surface area contributed by atoms with E-state index in [4.69, 9.17) is 4.74 Å². The van der Waals surface area contributed by atoms with Gasteiger partial charge in [0.25, 0.3) is 0 Å². The molecule has 0 N–H and O–H groups in total. The summed E-state index contributed by atoms with van der Waals surface area (Å²) < 4.78 is 46.5. The normalized spacial score (nSPS) is 20.1. The molecule has 0 aliphatic heterocycles. The first-order valence-electron chi connectivity index (χ1n) is 10.4. The average Bonchev–Trinajstić information content (AvgIpc) is 2.70. The number of benzene rings is 2. The standard InChI is InChI=1S/C24H29F3O/c1-2-3-4-5-18-6-8-19(9-7-18)20-10-12-21(13-11-20)24(26,27)28-23-16-14-22(25)15-17-23/h10-19H,2-9H2,1H3. The van der Waals surface area contributed by atoms with Crippen LogP contribution in [0.1, 0.15) is 75.3 Å². The number of hydrogen-bond acceptors (Lipinski definition) is 1. The summed E-state index contributed by atoms with van der Waals surface area (Å²) in [4.78, 5) is 0. The third-order valence-electron chi connectivity index (χ3n) is 5.84. The zero-order valence-electron chi connectivity index (χ0n) is 16.5. The predicted octanol–water partition coefficient (Wildman–Crippen LogP) is 7.81. The van der Waals surface area contributed by atoms with E-state index in [1.165, 1.54) is 62.8 Å². The third kappa shape index (κ3) is 5.52. The van der Waals surface area contributed by atoms with Crippen LogP contribution in [0.5, 0.6) is 5.75 Å². The Labute approximate surface area is 165 Å². The van der Waals surface area contributed by atoms with Gasteiger partial charge in [0, 0.05) is 0 Å². The quantitative estimate of drug-likeness (QED) is 0.418. The molecule has 2 aromatic carbocycles. The second kappa shape index (κ2) is 9.49. The van der Waals surface area contributed by atoms with Gasteiger partial charge in [0.05, 0.1) is 5.56 Å². The van der Waals surface area contributed by atoms with Crippen molar-refractivity contribution in [1.82, 2.24) is 0 Å². The van der Waals surface area contributed by atoms with Crippen LogP contribution in [0.25, 0.3) is 0 Å². The van der Waals surface area contributed by atoms with Crippen LogP contribution in [0.3, 0.4) is 0 Å². The molecule has 0 unspecified atom stereocenters. The Bertz CT molecular complexity index is 717. The molecule has 0 amide bonds. The Hall–Kier alpha value is -1.97. The lowest BCUT2D eigenvalue weighted by molar-refractivity contribution is -0.185. The summed E-state index contributed by atoms with van der Waals surface area (Å²) in [5.41, 5.74) is 0.946. The lowest BCUT2D eigenvalue weighted by Crippen LogP contribution is -2.22. The molecule has 28 heavy (non-hydrogen) atoms. The van der Waals surface area contributed by atoms with Gasteiger partial charge in [-0.1, -0.05) is 44.7 Å². The highest BCUT2D eigenvalue weighted by Crippen LogP contribution is 2.39. The van der Waals surface area contributed by atoms with Crippen LogP contribution in [0.15, 0.2) is 48.5 Å².